The molecule has 2 nitrogen and oxygen atoms in total. The zero-order chi connectivity index (χ0) is 13.1. The lowest BCUT2D eigenvalue weighted by molar-refractivity contribution is -0.139. The van der Waals surface area contributed by atoms with Crippen molar-refractivity contribution in [2.24, 2.45) is 0 Å². The van der Waals surface area contributed by atoms with Gasteiger partial charge in [-0.15, -0.1) is 0 Å². The predicted octanol–water partition coefficient (Wildman–Crippen LogP) is 3.46. The van der Waals surface area contributed by atoms with Crippen LogP contribution in [-0.2, 0) is 21.4 Å². The molecule has 0 aromatic heterocycles. The molecule has 0 aliphatic heterocycles. The first-order chi connectivity index (χ1) is 7.86. The summed E-state index contributed by atoms with van der Waals surface area (Å²) in [6, 6.07) is 8.22. The van der Waals surface area contributed by atoms with Crippen molar-refractivity contribution < 1.29 is 9.53 Å². The fourth-order valence-electron chi connectivity index (χ4n) is 1.83. The molecule has 0 amide bonds. The van der Waals surface area contributed by atoms with E-state index in [0.29, 0.717) is 6.42 Å². The Morgan fingerprint density at radius 3 is 2.47 bits per heavy atom. The van der Waals surface area contributed by atoms with Gasteiger partial charge in [0.05, 0.1) is 7.11 Å². The van der Waals surface area contributed by atoms with Gasteiger partial charge in [-0.1, -0.05) is 61.0 Å². The second-order valence-electron chi connectivity index (χ2n) is 5.10. The van der Waals surface area contributed by atoms with Crippen molar-refractivity contribution in [2.45, 2.75) is 37.4 Å². The van der Waals surface area contributed by atoms with Crippen LogP contribution >= 0.6 is 15.9 Å². The Morgan fingerprint density at radius 2 is 1.94 bits per heavy atom. The number of carbonyl (C=O) groups is 1. The molecule has 1 aromatic rings. The van der Waals surface area contributed by atoms with Crippen molar-refractivity contribution in [1.29, 1.82) is 0 Å². The van der Waals surface area contributed by atoms with Gasteiger partial charge < -0.3 is 4.74 Å². The third-order valence-corrected chi connectivity index (χ3v) is 3.38. The van der Waals surface area contributed by atoms with Crippen LogP contribution in [-0.4, -0.2) is 17.9 Å². The van der Waals surface area contributed by atoms with E-state index < -0.39 is 0 Å². The molecule has 0 spiro atoms. The van der Waals surface area contributed by atoms with Gasteiger partial charge in [-0.05, 0) is 23.0 Å². The third kappa shape index (κ3) is 3.84. The summed E-state index contributed by atoms with van der Waals surface area (Å²) in [5.41, 5.74) is 2.54. The zero-order valence-corrected chi connectivity index (χ0v) is 12.4. The second kappa shape index (κ2) is 5.67. The van der Waals surface area contributed by atoms with E-state index in [1.165, 1.54) is 18.2 Å². The maximum atomic E-state index is 11.4. The molecule has 0 aliphatic carbocycles. The van der Waals surface area contributed by atoms with Gasteiger partial charge in [-0.2, -0.15) is 0 Å². The largest absolute Gasteiger partial charge is 0.468 e. The number of methoxy groups -OCH3 is 1. The molecule has 1 atom stereocenters. The van der Waals surface area contributed by atoms with Gasteiger partial charge in [0.1, 0.15) is 4.83 Å². The van der Waals surface area contributed by atoms with Crippen LogP contribution in [0.25, 0.3) is 0 Å². The summed E-state index contributed by atoms with van der Waals surface area (Å²) in [6.07, 6.45) is 0.653. The molecule has 0 saturated heterocycles. The maximum absolute atomic E-state index is 11.4. The monoisotopic (exact) mass is 298 g/mol. The number of ether oxygens (including phenoxy) is 1. The molecule has 3 heteroatoms. The van der Waals surface area contributed by atoms with E-state index in [1.54, 1.807) is 0 Å². The molecule has 1 aromatic carbocycles. The summed E-state index contributed by atoms with van der Waals surface area (Å²) in [4.78, 5) is 11.1. The third-order valence-electron chi connectivity index (χ3n) is 2.68. The van der Waals surface area contributed by atoms with Crippen LogP contribution in [0.1, 0.15) is 31.9 Å². The Hall–Kier alpha value is -0.830. The maximum Gasteiger partial charge on any atom is 0.319 e. The minimum Gasteiger partial charge on any atom is -0.468 e. The van der Waals surface area contributed by atoms with Gasteiger partial charge in [-0.3, -0.25) is 4.79 Å². The van der Waals surface area contributed by atoms with Crippen molar-refractivity contribution in [3.8, 4) is 0 Å². The van der Waals surface area contributed by atoms with Gasteiger partial charge in [-0.25, -0.2) is 0 Å². The van der Waals surface area contributed by atoms with Crippen molar-refractivity contribution in [1.82, 2.24) is 0 Å². The number of rotatable bonds is 3. The highest BCUT2D eigenvalue weighted by molar-refractivity contribution is 9.10. The van der Waals surface area contributed by atoms with Crippen LogP contribution in [0.2, 0.25) is 0 Å². The molecule has 0 aliphatic rings. The molecule has 1 rings (SSSR count). The number of carbonyl (C=O) groups excluding carboxylic acids is 1. The summed E-state index contributed by atoms with van der Waals surface area (Å²) < 4.78 is 4.72. The minimum atomic E-state index is -0.281. The van der Waals surface area contributed by atoms with Crippen molar-refractivity contribution in [3.05, 3.63) is 35.4 Å². The highest BCUT2D eigenvalue weighted by atomic mass is 79.9. The fraction of sp³-hybridized carbons (Fsp3) is 0.500. The van der Waals surface area contributed by atoms with Crippen LogP contribution in [0.4, 0.5) is 0 Å². The van der Waals surface area contributed by atoms with Crippen LogP contribution in [0, 0.1) is 0 Å². The lowest BCUT2D eigenvalue weighted by atomic mass is 9.82. The summed E-state index contributed by atoms with van der Waals surface area (Å²) in [6.45, 7) is 6.52. The van der Waals surface area contributed by atoms with Crippen molar-refractivity contribution >= 4 is 21.9 Å². The van der Waals surface area contributed by atoms with E-state index in [2.05, 4.69) is 48.8 Å². The molecule has 1 unspecified atom stereocenters. The van der Waals surface area contributed by atoms with Gasteiger partial charge in [0, 0.05) is 0 Å². The first kappa shape index (κ1) is 14.2. The summed E-state index contributed by atoms with van der Waals surface area (Å²) in [5, 5.41) is 0. The first-order valence-electron chi connectivity index (χ1n) is 5.66. The lowest BCUT2D eigenvalue weighted by Gasteiger charge is -2.23. The molecular formula is C14H19BrO2. The van der Waals surface area contributed by atoms with Gasteiger partial charge in [0.2, 0.25) is 0 Å². The van der Waals surface area contributed by atoms with Crippen molar-refractivity contribution in [3.63, 3.8) is 0 Å². The van der Waals surface area contributed by atoms with E-state index in [0.717, 1.165) is 0 Å². The Balaban J connectivity index is 2.95. The highest BCUT2D eigenvalue weighted by Gasteiger charge is 2.21. The molecule has 0 saturated carbocycles. The second-order valence-corrected chi connectivity index (χ2v) is 6.21. The SMILES string of the molecule is COC(=O)C(Br)Cc1ccccc1C(C)(C)C. The lowest BCUT2D eigenvalue weighted by Crippen LogP contribution is -2.21. The topological polar surface area (TPSA) is 26.3 Å². The molecule has 0 fully saturated rings. The molecule has 94 valence electrons. The standard InChI is InChI=1S/C14H19BrO2/c1-14(2,3)11-8-6-5-7-10(11)9-12(15)13(16)17-4/h5-8,12H,9H2,1-4H3. The van der Waals surface area contributed by atoms with Crippen molar-refractivity contribution in [2.75, 3.05) is 7.11 Å². The minimum absolute atomic E-state index is 0.0828. The molecular weight excluding hydrogens is 280 g/mol. The van der Waals surface area contributed by atoms with E-state index >= 15 is 0 Å². The number of alkyl halides is 1. The number of esters is 1. The van der Waals surface area contributed by atoms with Gasteiger partial charge in [0.25, 0.3) is 0 Å². The van der Waals surface area contributed by atoms with Crippen LogP contribution in [0.5, 0.6) is 0 Å². The van der Waals surface area contributed by atoms with Gasteiger partial charge in [0.15, 0.2) is 0 Å². The Kier molecular flexibility index (Phi) is 4.75. The number of benzene rings is 1. The van der Waals surface area contributed by atoms with E-state index in [1.807, 2.05) is 12.1 Å². The zero-order valence-electron chi connectivity index (χ0n) is 10.8. The molecule has 0 N–H and O–H groups in total. The van der Waals surface area contributed by atoms with Gasteiger partial charge >= 0.3 is 5.97 Å². The fourth-order valence-corrected chi connectivity index (χ4v) is 2.37. The van der Waals surface area contributed by atoms with Crippen LogP contribution < -0.4 is 0 Å². The number of halogens is 1. The first-order valence-corrected chi connectivity index (χ1v) is 6.58. The molecule has 0 radical (unpaired) electrons. The summed E-state index contributed by atoms with van der Waals surface area (Å²) in [7, 11) is 1.41. The number of hydrogen-bond acceptors (Lipinski definition) is 2. The normalized spacial score (nSPS) is 13.2. The molecule has 17 heavy (non-hydrogen) atoms. The van der Waals surface area contributed by atoms with E-state index in [4.69, 9.17) is 4.74 Å². The summed E-state index contributed by atoms with van der Waals surface area (Å²) >= 11 is 3.37. The Bertz CT molecular complexity index is 393. The van der Waals surface area contributed by atoms with E-state index in [-0.39, 0.29) is 16.2 Å². The number of hydrogen-bond donors (Lipinski definition) is 0. The molecule has 0 heterocycles. The molecule has 0 bridgehead atoms. The quantitative estimate of drug-likeness (QED) is 0.631. The average molecular weight is 299 g/mol. The smallest absolute Gasteiger partial charge is 0.319 e. The summed E-state index contributed by atoms with van der Waals surface area (Å²) in [5.74, 6) is -0.228. The predicted molar refractivity (Wildman–Crippen MR) is 73.6 cm³/mol. The Labute approximate surface area is 111 Å². The highest BCUT2D eigenvalue weighted by Crippen LogP contribution is 2.27. The van der Waals surface area contributed by atoms with Crippen LogP contribution in [0.15, 0.2) is 24.3 Å². The average Bonchev–Trinajstić information content (AvgIpc) is 2.27. The Morgan fingerprint density at radius 1 is 1.35 bits per heavy atom. The van der Waals surface area contributed by atoms with E-state index in [9.17, 15) is 4.79 Å². The van der Waals surface area contributed by atoms with Crippen LogP contribution in [0.3, 0.4) is 0 Å².